The Morgan fingerprint density at radius 2 is 2.24 bits per heavy atom. The lowest BCUT2D eigenvalue weighted by Crippen LogP contribution is -2.34. The molecule has 0 aliphatic rings. The largest absolute Gasteiger partial charge is 0.393 e. The average molecular weight is 257 g/mol. The summed E-state index contributed by atoms with van der Waals surface area (Å²) in [6, 6.07) is -0.0564. The highest BCUT2D eigenvalue weighted by Gasteiger charge is 2.17. The van der Waals surface area contributed by atoms with Crippen molar-refractivity contribution in [1.82, 2.24) is 14.9 Å². The summed E-state index contributed by atoms with van der Waals surface area (Å²) in [5.74, 6) is -0.142. The van der Waals surface area contributed by atoms with Crippen molar-refractivity contribution < 1.29 is 9.90 Å². The van der Waals surface area contributed by atoms with Crippen molar-refractivity contribution in [2.45, 2.75) is 52.2 Å². The Hall–Kier alpha value is -1.01. The van der Waals surface area contributed by atoms with Gasteiger partial charge in [0.25, 0.3) is 5.91 Å². The van der Waals surface area contributed by atoms with E-state index in [0.29, 0.717) is 11.3 Å². The summed E-state index contributed by atoms with van der Waals surface area (Å²) in [5.41, 5.74) is 0.763. The SMILES string of the molecule is CCCc1nnsc1C(=O)NC(C)CC(C)O. The maximum absolute atomic E-state index is 11.9. The van der Waals surface area contributed by atoms with E-state index in [2.05, 4.69) is 14.9 Å². The normalized spacial score (nSPS) is 14.4. The topological polar surface area (TPSA) is 75.1 Å². The standard InChI is InChI=1S/C11H19N3O2S/c1-4-5-9-10(17-14-13-9)11(16)12-7(2)6-8(3)15/h7-8,15H,4-6H2,1-3H3,(H,12,16). The Kier molecular flexibility index (Phi) is 5.50. The number of amides is 1. The first kappa shape index (κ1) is 14.1. The summed E-state index contributed by atoms with van der Waals surface area (Å²) < 4.78 is 3.81. The molecule has 2 unspecified atom stereocenters. The van der Waals surface area contributed by atoms with Gasteiger partial charge in [-0.1, -0.05) is 17.8 Å². The number of carbonyl (C=O) groups excluding carboxylic acids is 1. The van der Waals surface area contributed by atoms with E-state index in [-0.39, 0.29) is 11.9 Å². The molecule has 6 heteroatoms. The molecule has 1 aromatic heterocycles. The highest BCUT2D eigenvalue weighted by atomic mass is 32.1. The van der Waals surface area contributed by atoms with Crippen molar-refractivity contribution >= 4 is 17.4 Å². The number of aromatic nitrogens is 2. The van der Waals surface area contributed by atoms with Crippen molar-refractivity contribution in [3.8, 4) is 0 Å². The van der Waals surface area contributed by atoms with Crippen LogP contribution in [0.3, 0.4) is 0 Å². The molecular weight excluding hydrogens is 238 g/mol. The second-order valence-corrected chi connectivity index (χ2v) is 5.01. The van der Waals surface area contributed by atoms with Crippen LogP contribution in [0.25, 0.3) is 0 Å². The van der Waals surface area contributed by atoms with Crippen molar-refractivity contribution in [2.75, 3.05) is 0 Å². The van der Waals surface area contributed by atoms with Gasteiger partial charge in [0.1, 0.15) is 4.88 Å². The fourth-order valence-corrected chi connectivity index (χ4v) is 2.25. The molecule has 5 nitrogen and oxygen atoms in total. The van der Waals surface area contributed by atoms with Crippen LogP contribution >= 0.6 is 11.5 Å². The average Bonchev–Trinajstić information content (AvgIpc) is 2.64. The first-order chi connectivity index (χ1) is 8.04. The van der Waals surface area contributed by atoms with Crippen LogP contribution in [0.5, 0.6) is 0 Å². The van der Waals surface area contributed by atoms with E-state index in [1.54, 1.807) is 6.92 Å². The summed E-state index contributed by atoms with van der Waals surface area (Å²) in [6.45, 7) is 5.62. The van der Waals surface area contributed by atoms with Crippen molar-refractivity contribution in [1.29, 1.82) is 0 Å². The van der Waals surface area contributed by atoms with Gasteiger partial charge in [-0.05, 0) is 38.2 Å². The third kappa shape index (κ3) is 4.40. The first-order valence-electron chi connectivity index (χ1n) is 5.84. The molecule has 0 aromatic carbocycles. The van der Waals surface area contributed by atoms with Crippen LogP contribution in [-0.4, -0.2) is 32.7 Å². The lowest BCUT2D eigenvalue weighted by molar-refractivity contribution is 0.0926. The lowest BCUT2D eigenvalue weighted by atomic mass is 10.1. The number of hydrogen-bond donors (Lipinski definition) is 2. The number of aliphatic hydroxyl groups excluding tert-OH is 1. The van der Waals surface area contributed by atoms with Gasteiger partial charge in [-0.3, -0.25) is 4.79 Å². The van der Waals surface area contributed by atoms with E-state index in [9.17, 15) is 9.90 Å². The number of nitrogens with zero attached hydrogens (tertiary/aromatic N) is 2. The van der Waals surface area contributed by atoms with Gasteiger partial charge < -0.3 is 10.4 Å². The Labute approximate surface area is 105 Å². The molecule has 1 heterocycles. The van der Waals surface area contributed by atoms with Gasteiger partial charge in [-0.2, -0.15) is 0 Å². The van der Waals surface area contributed by atoms with Gasteiger partial charge in [-0.25, -0.2) is 0 Å². The molecule has 1 amide bonds. The molecule has 0 radical (unpaired) electrons. The molecule has 0 bridgehead atoms. The van der Waals surface area contributed by atoms with Gasteiger partial charge in [0, 0.05) is 6.04 Å². The predicted octanol–water partition coefficient (Wildman–Crippen LogP) is 1.38. The van der Waals surface area contributed by atoms with Crippen LogP contribution in [0.1, 0.15) is 49.0 Å². The van der Waals surface area contributed by atoms with Gasteiger partial charge in [0.05, 0.1) is 11.8 Å². The summed E-state index contributed by atoms with van der Waals surface area (Å²) >= 11 is 1.12. The number of carbonyl (C=O) groups is 1. The minimum atomic E-state index is -0.417. The summed E-state index contributed by atoms with van der Waals surface area (Å²) in [7, 11) is 0. The molecule has 1 rings (SSSR count). The molecule has 0 saturated heterocycles. The fraction of sp³-hybridized carbons (Fsp3) is 0.727. The van der Waals surface area contributed by atoms with E-state index in [0.717, 1.165) is 30.1 Å². The zero-order chi connectivity index (χ0) is 12.8. The van der Waals surface area contributed by atoms with Crippen LogP contribution in [0.4, 0.5) is 0 Å². The predicted molar refractivity (Wildman–Crippen MR) is 67.1 cm³/mol. The van der Waals surface area contributed by atoms with Gasteiger partial charge in [-0.15, -0.1) is 5.10 Å². The van der Waals surface area contributed by atoms with Gasteiger partial charge >= 0.3 is 0 Å². The number of aryl methyl sites for hydroxylation is 1. The van der Waals surface area contributed by atoms with Crippen molar-refractivity contribution in [3.63, 3.8) is 0 Å². The van der Waals surface area contributed by atoms with E-state index >= 15 is 0 Å². The maximum Gasteiger partial charge on any atom is 0.265 e. The fourth-order valence-electron chi connectivity index (χ4n) is 1.64. The van der Waals surface area contributed by atoms with Crippen molar-refractivity contribution in [3.05, 3.63) is 10.6 Å². The Bertz CT molecular complexity index is 365. The molecule has 0 aliphatic carbocycles. The van der Waals surface area contributed by atoms with E-state index < -0.39 is 6.10 Å². The Morgan fingerprint density at radius 1 is 1.53 bits per heavy atom. The third-order valence-corrected chi connectivity index (χ3v) is 3.09. The van der Waals surface area contributed by atoms with Crippen LogP contribution < -0.4 is 5.32 Å². The molecule has 0 aliphatic heterocycles. The minimum absolute atomic E-state index is 0.0564. The molecule has 2 atom stereocenters. The number of hydrogen-bond acceptors (Lipinski definition) is 5. The molecule has 96 valence electrons. The number of nitrogens with one attached hydrogen (secondary N) is 1. The number of rotatable bonds is 6. The molecule has 2 N–H and O–H groups in total. The third-order valence-electron chi connectivity index (χ3n) is 2.32. The molecular formula is C11H19N3O2S. The highest BCUT2D eigenvalue weighted by Crippen LogP contribution is 2.13. The molecule has 17 heavy (non-hydrogen) atoms. The minimum Gasteiger partial charge on any atom is -0.393 e. The molecule has 0 spiro atoms. The Morgan fingerprint density at radius 3 is 2.82 bits per heavy atom. The van der Waals surface area contributed by atoms with E-state index in [1.807, 2.05) is 13.8 Å². The quantitative estimate of drug-likeness (QED) is 0.807. The summed E-state index contributed by atoms with van der Waals surface area (Å²) in [4.78, 5) is 12.5. The second-order valence-electron chi connectivity index (χ2n) is 4.26. The smallest absolute Gasteiger partial charge is 0.265 e. The molecule has 0 fully saturated rings. The lowest BCUT2D eigenvalue weighted by Gasteiger charge is -2.14. The summed E-state index contributed by atoms with van der Waals surface area (Å²) in [5, 5.41) is 16.0. The van der Waals surface area contributed by atoms with Crippen LogP contribution in [0.2, 0.25) is 0 Å². The van der Waals surface area contributed by atoms with Crippen LogP contribution in [0.15, 0.2) is 0 Å². The van der Waals surface area contributed by atoms with Crippen LogP contribution in [0, 0.1) is 0 Å². The van der Waals surface area contributed by atoms with Gasteiger partial charge in [0.15, 0.2) is 0 Å². The van der Waals surface area contributed by atoms with Crippen molar-refractivity contribution in [2.24, 2.45) is 0 Å². The van der Waals surface area contributed by atoms with Crippen LogP contribution in [-0.2, 0) is 6.42 Å². The van der Waals surface area contributed by atoms with E-state index in [4.69, 9.17) is 0 Å². The molecule has 0 saturated carbocycles. The second kappa shape index (κ2) is 6.66. The first-order valence-corrected chi connectivity index (χ1v) is 6.62. The maximum atomic E-state index is 11.9. The summed E-state index contributed by atoms with van der Waals surface area (Å²) in [6.07, 6.45) is 1.83. The zero-order valence-electron chi connectivity index (χ0n) is 10.4. The van der Waals surface area contributed by atoms with Gasteiger partial charge in [0.2, 0.25) is 0 Å². The number of aliphatic hydroxyl groups is 1. The molecule has 1 aromatic rings. The zero-order valence-corrected chi connectivity index (χ0v) is 11.3. The monoisotopic (exact) mass is 257 g/mol. The Balaban J connectivity index is 2.60. The highest BCUT2D eigenvalue weighted by molar-refractivity contribution is 7.08. The van der Waals surface area contributed by atoms with E-state index in [1.165, 1.54) is 0 Å².